The molecule has 0 fully saturated rings. The van der Waals surface area contributed by atoms with Gasteiger partial charge in [0.25, 0.3) is 0 Å². The van der Waals surface area contributed by atoms with Gasteiger partial charge in [-0.2, -0.15) is 0 Å². The minimum Gasteiger partial charge on any atom is -0.309 e. The van der Waals surface area contributed by atoms with E-state index in [1.54, 1.807) is 0 Å². The van der Waals surface area contributed by atoms with Crippen LogP contribution in [-0.2, 0) is 0 Å². The summed E-state index contributed by atoms with van der Waals surface area (Å²) in [5, 5.41) is 7.59. The molecule has 1 heterocycles. The number of rotatable bonds is 4. The van der Waals surface area contributed by atoms with Crippen LogP contribution in [0.15, 0.2) is 176 Å². The number of para-hydroxylation sites is 1. The molecule has 210 valence electrons. The fourth-order valence-electron chi connectivity index (χ4n) is 6.83. The third-order valence-electron chi connectivity index (χ3n) is 9.18. The van der Waals surface area contributed by atoms with Gasteiger partial charge in [0, 0.05) is 16.5 Å². The summed E-state index contributed by atoms with van der Waals surface area (Å²) in [6, 6.07) is 64.0. The van der Waals surface area contributed by atoms with E-state index >= 15 is 0 Å². The zero-order chi connectivity index (χ0) is 29.7. The van der Waals surface area contributed by atoms with Crippen molar-refractivity contribution in [2.75, 3.05) is 0 Å². The number of aromatic nitrogens is 1. The van der Waals surface area contributed by atoms with E-state index in [0.29, 0.717) is 0 Å². The molecule has 0 spiro atoms. The zero-order valence-electron chi connectivity index (χ0n) is 24.7. The molecule has 0 aliphatic rings. The molecular weight excluding hydrogens is 542 g/mol. The quantitative estimate of drug-likeness (QED) is 0.198. The Morgan fingerprint density at radius 3 is 1.38 bits per heavy atom. The number of benzene rings is 8. The van der Waals surface area contributed by atoms with E-state index in [1.165, 1.54) is 82.4 Å². The van der Waals surface area contributed by atoms with Gasteiger partial charge in [-0.25, -0.2) is 0 Å². The maximum Gasteiger partial charge on any atom is 0.0541 e. The first-order chi connectivity index (χ1) is 22.3. The van der Waals surface area contributed by atoms with E-state index in [1.807, 2.05) is 0 Å². The highest BCUT2D eigenvalue weighted by atomic mass is 15.0. The Kier molecular flexibility index (Phi) is 5.89. The molecule has 0 atom stereocenters. The Morgan fingerprint density at radius 2 is 0.711 bits per heavy atom. The van der Waals surface area contributed by atoms with E-state index in [2.05, 4.69) is 180 Å². The van der Waals surface area contributed by atoms with Crippen LogP contribution in [0.25, 0.3) is 82.4 Å². The topological polar surface area (TPSA) is 4.93 Å². The molecule has 1 aromatic heterocycles. The lowest BCUT2D eigenvalue weighted by molar-refractivity contribution is 1.19. The lowest BCUT2D eigenvalue weighted by atomic mass is 9.96. The first-order valence-electron chi connectivity index (χ1n) is 15.5. The molecule has 0 radical (unpaired) electrons. The summed E-state index contributed by atoms with van der Waals surface area (Å²) in [5.74, 6) is 0. The van der Waals surface area contributed by atoms with Gasteiger partial charge in [-0.05, 0) is 91.3 Å². The summed E-state index contributed by atoms with van der Waals surface area (Å²) in [7, 11) is 0. The first-order valence-corrected chi connectivity index (χ1v) is 15.5. The average molecular weight is 572 g/mol. The second-order valence-corrected chi connectivity index (χ2v) is 11.8. The Morgan fingerprint density at radius 1 is 0.267 bits per heavy atom. The molecule has 0 bridgehead atoms. The van der Waals surface area contributed by atoms with E-state index in [9.17, 15) is 0 Å². The standard InChI is InChI=1S/C44H29N/c1-3-9-36-27-38(22-21-30(36)7-1)34-17-13-32(14-18-34)33-15-19-35(20-16-33)39-24-26-44-42(29-39)41-11-5-6-12-43(41)45(44)40-25-23-31-8-2-4-10-37(31)28-40/h1-29H. The minimum absolute atomic E-state index is 1.18. The van der Waals surface area contributed by atoms with Crippen LogP contribution in [0.1, 0.15) is 0 Å². The van der Waals surface area contributed by atoms with Gasteiger partial charge in [-0.3, -0.25) is 0 Å². The normalized spacial score (nSPS) is 11.6. The fraction of sp³-hybridized carbons (Fsp3) is 0. The molecule has 0 saturated carbocycles. The van der Waals surface area contributed by atoms with E-state index in [-0.39, 0.29) is 0 Å². The SMILES string of the molecule is c1ccc2cc(-c3ccc(-c4ccc(-c5ccc6c(c5)c5ccccc5n6-c5ccc6ccccc6c5)cc4)cc3)ccc2c1. The predicted molar refractivity (Wildman–Crippen MR) is 192 cm³/mol. The molecule has 45 heavy (non-hydrogen) atoms. The summed E-state index contributed by atoms with van der Waals surface area (Å²) in [5.41, 5.74) is 11.0. The molecule has 9 rings (SSSR count). The highest BCUT2D eigenvalue weighted by Crippen LogP contribution is 2.36. The number of hydrogen-bond acceptors (Lipinski definition) is 0. The van der Waals surface area contributed by atoms with Gasteiger partial charge in [0.1, 0.15) is 0 Å². The van der Waals surface area contributed by atoms with Crippen molar-refractivity contribution in [3.63, 3.8) is 0 Å². The minimum atomic E-state index is 1.18. The van der Waals surface area contributed by atoms with Gasteiger partial charge in [0.15, 0.2) is 0 Å². The Balaban J connectivity index is 1.05. The van der Waals surface area contributed by atoms with Gasteiger partial charge >= 0.3 is 0 Å². The number of nitrogens with zero attached hydrogens (tertiary/aromatic N) is 1. The Hall–Kier alpha value is -5.92. The first kappa shape index (κ1) is 25.6. The van der Waals surface area contributed by atoms with Gasteiger partial charge < -0.3 is 4.57 Å². The summed E-state index contributed by atoms with van der Waals surface area (Å²) in [6.45, 7) is 0. The van der Waals surface area contributed by atoms with Crippen LogP contribution in [0.5, 0.6) is 0 Å². The summed E-state index contributed by atoms with van der Waals surface area (Å²) < 4.78 is 2.39. The van der Waals surface area contributed by atoms with Gasteiger partial charge in [-0.1, -0.05) is 140 Å². The third kappa shape index (κ3) is 4.41. The molecule has 1 nitrogen and oxygen atoms in total. The molecule has 0 saturated heterocycles. The molecular formula is C44H29N. The second kappa shape index (κ2) is 10.4. The van der Waals surface area contributed by atoms with Crippen molar-refractivity contribution < 1.29 is 0 Å². The second-order valence-electron chi connectivity index (χ2n) is 11.8. The van der Waals surface area contributed by atoms with Crippen molar-refractivity contribution >= 4 is 43.4 Å². The maximum absolute atomic E-state index is 2.39. The highest BCUT2D eigenvalue weighted by molar-refractivity contribution is 6.10. The van der Waals surface area contributed by atoms with Crippen LogP contribution >= 0.6 is 0 Å². The molecule has 0 amide bonds. The molecule has 0 aliphatic heterocycles. The summed E-state index contributed by atoms with van der Waals surface area (Å²) >= 11 is 0. The van der Waals surface area contributed by atoms with Gasteiger partial charge in [0.05, 0.1) is 11.0 Å². The van der Waals surface area contributed by atoms with Crippen LogP contribution in [0.3, 0.4) is 0 Å². The van der Waals surface area contributed by atoms with Crippen molar-refractivity contribution in [3.8, 4) is 39.1 Å². The van der Waals surface area contributed by atoms with Crippen molar-refractivity contribution in [2.24, 2.45) is 0 Å². The smallest absolute Gasteiger partial charge is 0.0541 e. The van der Waals surface area contributed by atoms with E-state index < -0.39 is 0 Å². The van der Waals surface area contributed by atoms with Crippen LogP contribution in [0.4, 0.5) is 0 Å². The van der Waals surface area contributed by atoms with Crippen LogP contribution in [0, 0.1) is 0 Å². The Bertz CT molecular complexity index is 2510. The highest BCUT2D eigenvalue weighted by Gasteiger charge is 2.14. The lowest BCUT2D eigenvalue weighted by Gasteiger charge is -2.10. The molecule has 0 aliphatic carbocycles. The monoisotopic (exact) mass is 571 g/mol. The van der Waals surface area contributed by atoms with Crippen molar-refractivity contribution in [2.45, 2.75) is 0 Å². The number of hydrogen-bond donors (Lipinski definition) is 0. The predicted octanol–water partition coefficient (Wildman–Crippen LogP) is 12.1. The molecule has 0 N–H and O–H groups in total. The summed E-state index contributed by atoms with van der Waals surface area (Å²) in [4.78, 5) is 0. The average Bonchev–Trinajstić information content (AvgIpc) is 3.45. The van der Waals surface area contributed by atoms with Gasteiger partial charge in [-0.15, -0.1) is 0 Å². The van der Waals surface area contributed by atoms with Gasteiger partial charge in [0.2, 0.25) is 0 Å². The largest absolute Gasteiger partial charge is 0.309 e. The van der Waals surface area contributed by atoms with Crippen LogP contribution in [-0.4, -0.2) is 4.57 Å². The van der Waals surface area contributed by atoms with Crippen molar-refractivity contribution in [1.29, 1.82) is 0 Å². The van der Waals surface area contributed by atoms with Crippen molar-refractivity contribution in [1.82, 2.24) is 4.57 Å². The lowest BCUT2D eigenvalue weighted by Crippen LogP contribution is -1.93. The Labute approximate surface area is 262 Å². The number of fused-ring (bicyclic) bond motifs is 5. The van der Waals surface area contributed by atoms with E-state index in [0.717, 1.165) is 0 Å². The summed E-state index contributed by atoms with van der Waals surface area (Å²) in [6.07, 6.45) is 0. The van der Waals surface area contributed by atoms with Crippen molar-refractivity contribution in [3.05, 3.63) is 176 Å². The fourth-order valence-corrected chi connectivity index (χ4v) is 6.83. The molecule has 1 heteroatoms. The maximum atomic E-state index is 2.39. The zero-order valence-corrected chi connectivity index (χ0v) is 24.7. The molecule has 9 aromatic rings. The van der Waals surface area contributed by atoms with Crippen LogP contribution in [0.2, 0.25) is 0 Å². The molecule has 8 aromatic carbocycles. The third-order valence-corrected chi connectivity index (χ3v) is 9.18. The van der Waals surface area contributed by atoms with E-state index in [4.69, 9.17) is 0 Å². The molecule has 0 unspecified atom stereocenters. The van der Waals surface area contributed by atoms with Crippen LogP contribution < -0.4 is 0 Å².